The fourth-order valence-corrected chi connectivity index (χ4v) is 8.54. The van der Waals surface area contributed by atoms with Gasteiger partial charge in [-0.1, -0.05) is 64.1 Å². The third kappa shape index (κ3) is 3.95. The molecule has 2 fully saturated rings. The first-order valence-electron chi connectivity index (χ1n) is 12.3. The Morgan fingerprint density at radius 1 is 1.21 bits per heavy atom. The van der Waals surface area contributed by atoms with Gasteiger partial charge in [-0.15, -0.1) is 0 Å². The lowest BCUT2D eigenvalue weighted by atomic mass is 9.48. The average molecular weight is 475 g/mol. The number of aliphatic carboxylic acids is 1. The number of thioether (sulfide) groups is 1. The highest BCUT2D eigenvalue weighted by Crippen LogP contribution is 2.67. The average Bonchev–Trinajstić information content (AvgIpc) is 2.98. The molecule has 0 aliphatic heterocycles. The molecule has 5 nitrogen and oxygen atoms in total. The molecule has 7 atom stereocenters. The number of allylic oxidation sites excluding steroid dienone is 3. The van der Waals surface area contributed by atoms with Gasteiger partial charge in [0.05, 0.1) is 5.60 Å². The van der Waals surface area contributed by atoms with Crippen molar-refractivity contribution in [3.63, 3.8) is 0 Å². The number of carboxylic acid groups (broad SMARTS) is 1. The van der Waals surface area contributed by atoms with E-state index in [1.165, 1.54) is 17.3 Å². The topological polar surface area (TPSA) is 91.7 Å². The van der Waals surface area contributed by atoms with Crippen LogP contribution in [0.4, 0.5) is 0 Å². The molecule has 33 heavy (non-hydrogen) atoms. The van der Waals surface area contributed by atoms with Crippen molar-refractivity contribution in [1.82, 2.24) is 0 Å². The largest absolute Gasteiger partial charge is 0.481 e. The quantitative estimate of drug-likeness (QED) is 0.546. The Morgan fingerprint density at radius 3 is 2.55 bits per heavy atom. The van der Waals surface area contributed by atoms with Crippen molar-refractivity contribution >= 4 is 28.6 Å². The summed E-state index contributed by atoms with van der Waals surface area (Å²) in [5.74, 6) is -0.127. The van der Waals surface area contributed by atoms with E-state index in [1.54, 1.807) is 0 Å². The lowest BCUT2D eigenvalue weighted by Gasteiger charge is -2.58. The van der Waals surface area contributed by atoms with E-state index in [0.29, 0.717) is 12.8 Å². The molecule has 0 bridgehead atoms. The molecule has 4 aliphatic carbocycles. The van der Waals surface area contributed by atoms with Crippen molar-refractivity contribution in [2.45, 2.75) is 90.4 Å². The predicted octanol–water partition coefficient (Wildman–Crippen LogP) is 5.17. The highest BCUT2D eigenvalue weighted by molar-refractivity contribution is 8.14. The second-order valence-corrected chi connectivity index (χ2v) is 13.5. The molecule has 182 valence electrons. The highest BCUT2D eigenvalue weighted by Gasteiger charge is 2.64. The molecule has 4 rings (SSSR count). The van der Waals surface area contributed by atoms with Crippen LogP contribution in [-0.2, 0) is 14.4 Å². The minimum Gasteiger partial charge on any atom is -0.481 e. The number of ketones is 1. The van der Waals surface area contributed by atoms with Gasteiger partial charge in [-0.25, -0.2) is 0 Å². The molecule has 0 aromatic rings. The monoisotopic (exact) mass is 474 g/mol. The summed E-state index contributed by atoms with van der Waals surface area (Å²) in [4.78, 5) is 36.7. The van der Waals surface area contributed by atoms with Crippen molar-refractivity contribution < 1.29 is 24.6 Å². The first kappa shape index (κ1) is 24.7. The van der Waals surface area contributed by atoms with E-state index in [2.05, 4.69) is 26.0 Å². The van der Waals surface area contributed by atoms with E-state index >= 15 is 0 Å². The summed E-state index contributed by atoms with van der Waals surface area (Å²) in [7, 11) is 0. The molecular formula is C27H38O5S. The maximum Gasteiger partial charge on any atom is 0.303 e. The molecular weight excluding hydrogens is 436 g/mol. The summed E-state index contributed by atoms with van der Waals surface area (Å²) in [6.07, 6.45) is 9.95. The molecule has 0 radical (unpaired) electrons. The molecule has 0 spiro atoms. The molecule has 4 aliphatic rings. The molecule has 0 amide bonds. The van der Waals surface area contributed by atoms with Gasteiger partial charge in [0.25, 0.3) is 0 Å². The van der Waals surface area contributed by atoms with Crippen molar-refractivity contribution in [2.75, 3.05) is 0 Å². The number of rotatable bonds is 4. The van der Waals surface area contributed by atoms with Crippen molar-refractivity contribution in [2.24, 2.45) is 34.0 Å². The van der Waals surface area contributed by atoms with E-state index in [4.69, 9.17) is 0 Å². The van der Waals surface area contributed by atoms with Gasteiger partial charge in [0, 0.05) is 28.9 Å². The van der Waals surface area contributed by atoms with Gasteiger partial charge in [0.2, 0.25) is 0 Å². The molecule has 0 aromatic carbocycles. The van der Waals surface area contributed by atoms with Crippen molar-refractivity contribution in [3.05, 3.63) is 23.8 Å². The van der Waals surface area contributed by atoms with E-state index in [9.17, 15) is 24.6 Å². The molecule has 0 saturated heterocycles. The Balaban J connectivity index is 1.76. The lowest BCUT2D eigenvalue weighted by Crippen LogP contribution is -2.56. The third-order valence-electron chi connectivity index (χ3n) is 9.34. The summed E-state index contributed by atoms with van der Waals surface area (Å²) in [5, 5.41) is 21.1. The molecule has 0 heterocycles. The standard InChI is InChI=1S/C27H38O5S/c1-24(2,3)23(31)33-20-15-16-14-17(28)6-10-25(16,4)18-7-11-26(5)19(22(18)20)8-12-27(26,32)13-9-21(29)30/h7,11,14,18-20,22,32H,6,8-10,12-13,15H2,1-5H3,(H,29,30)/t18-,19-,20?,22+,25-,26-,27-/m0/s1. The van der Waals surface area contributed by atoms with E-state index < -0.39 is 22.4 Å². The third-order valence-corrected chi connectivity index (χ3v) is 10.9. The minimum absolute atomic E-state index is 0.0445. The van der Waals surface area contributed by atoms with Gasteiger partial charge in [0.1, 0.15) is 0 Å². The summed E-state index contributed by atoms with van der Waals surface area (Å²) < 4.78 is 0. The number of hydrogen-bond donors (Lipinski definition) is 2. The molecule has 2 saturated carbocycles. The minimum atomic E-state index is -1.06. The zero-order valence-corrected chi connectivity index (χ0v) is 21.3. The van der Waals surface area contributed by atoms with Crippen LogP contribution in [0.5, 0.6) is 0 Å². The highest BCUT2D eigenvalue weighted by atomic mass is 32.2. The van der Waals surface area contributed by atoms with E-state index in [0.717, 1.165) is 19.3 Å². The maximum atomic E-state index is 13.1. The first-order valence-corrected chi connectivity index (χ1v) is 13.2. The number of carbonyl (C=O) groups excluding carboxylic acids is 2. The fraction of sp³-hybridized carbons (Fsp3) is 0.741. The van der Waals surface area contributed by atoms with Crippen LogP contribution in [0.15, 0.2) is 23.8 Å². The predicted molar refractivity (Wildman–Crippen MR) is 130 cm³/mol. The molecule has 0 aromatic heterocycles. The second-order valence-electron chi connectivity index (χ2n) is 12.3. The van der Waals surface area contributed by atoms with Crippen molar-refractivity contribution in [1.29, 1.82) is 0 Å². The zero-order valence-electron chi connectivity index (χ0n) is 20.5. The van der Waals surface area contributed by atoms with E-state index in [-0.39, 0.29) is 52.2 Å². The van der Waals surface area contributed by atoms with Crippen LogP contribution in [-0.4, -0.2) is 37.9 Å². The van der Waals surface area contributed by atoms with Gasteiger partial charge < -0.3 is 10.2 Å². The Morgan fingerprint density at radius 2 is 1.91 bits per heavy atom. The summed E-state index contributed by atoms with van der Waals surface area (Å²) in [6.45, 7) is 10.2. The van der Waals surface area contributed by atoms with Gasteiger partial charge >= 0.3 is 5.97 Å². The fourth-order valence-electron chi connectivity index (χ4n) is 7.13. The van der Waals surface area contributed by atoms with Crippen LogP contribution < -0.4 is 0 Å². The molecule has 2 N–H and O–H groups in total. The van der Waals surface area contributed by atoms with Crippen LogP contribution >= 0.6 is 11.8 Å². The zero-order chi connectivity index (χ0) is 24.4. The van der Waals surface area contributed by atoms with Crippen LogP contribution in [0, 0.1) is 34.0 Å². The maximum absolute atomic E-state index is 13.1. The van der Waals surface area contributed by atoms with Gasteiger partial charge in [-0.05, 0) is 61.3 Å². The van der Waals surface area contributed by atoms with Crippen LogP contribution in [0.25, 0.3) is 0 Å². The second kappa shape index (κ2) is 8.08. The Kier molecular flexibility index (Phi) is 6.05. The number of hydrogen-bond acceptors (Lipinski definition) is 5. The van der Waals surface area contributed by atoms with Crippen LogP contribution in [0.2, 0.25) is 0 Å². The van der Waals surface area contributed by atoms with Gasteiger partial charge in [-0.2, -0.15) is 0 Å². The number of carbonyl (C=O) groups is 3. The van der Waals surface area contributed by atoms with Gasteiger partial charge in [0.15, 0.2) is 10.9 Å². The summed E-state index contributed by atoms with van der Waals surface area (Å²) in [5.41, 5.74) is -0.967. The lowest BCUT2D eigenvalue weighted by molar-refractivity contribution is -0.140. The Bertz CT molecular complexity index is 929. The molecule has 1 unspecified atom stereocenters. The number of aliphatic hydroxyl groups is 1. The first-order chi connectivity index (χ1) is 15.2. The van der Waals surface area contributed by atoms with Crippen molar-refractivity contribution in [3.8, 4) is 0 Å². The summed E-state index contributed by atoms with van der Waals surface area (Å²) >= 11 is 1.43. The number of fused-ring (bicyclic) bond motifs is 5. The van der Waals surface area contributed by atoms with Gasteiger partial charge in [-0.3, -0.25) is 14.4 Å². The Labute approximate surface area is 201 Å². The molecule has 6 heteroatoms. The van der Waals surface area contributed by atoms with Crippen LogP contribution in [0.3, 0.4) is 0 Å². The Hall–Kier alpha value is -1.40. The number of carboxylic acids is 1. The van der Waals surface area contributed by atoms with Crippen LogP contribution in [0.1, 0.15) is 79.6 Å². The smallest absolute Gasteiger partial charge is 0.303 e. The SMILES string of the molecule is CC(C)(C)C(=O)SC1CC2=CC(=O)CC[C@]2(C)[C@H]2C=C[C@@]3(C)[C@@H](CC[C@]3(O)CCC(=O)O)[C@H]12. The normalized spacial score (nSPS) is 42.2. The summed E-state index contributed by atoms with van der Waals surface area (Å²) in [6, 6.07) is 0. The van der Waals surface area contributed by atoms with E-state index in [1.807, 2.05) is 26.8 Å².